The number of ketones is 1. The lowest BCUT2D eigenvalue weighted by molar-refractivity contribution is -0.133. The fraction of sp³-hybridized carbons (Fsp3) is 0.781. The van der Waals surface area contributed by atoms with Gasteiger partial charge >= 0.3 is 0 Å². The second kappa shape index (κ2) is 9.29. The van der Waals surface area contributed by atoms with E-state index in [4.69, 9.17) is 4.42 Å². The van der Waals surface area contributed by atoms with Gasteiger partial charge in [-0.15, -0.1) is 0 Å². The van der Waals surface area contributed by atoms with Gasteiger partial charge < -0.3 is 4.42 Å². The van der Waals surface area contributed by atoms with Gasteiger partial charge in [0.05, 0.1) is 6.26 Å². The first-order valence-electron chi connectivity index (χ1n) is 14.5. The van der Waals surface area contributed by atoms with Gasteiger partial charge in [-0.1, -0.05) is 53.9 Å². The predicted octanol–water partition coefficient (Wildman–Crippen LogP) is 8.96. The molecule has 8 atom stereocenters. The quantitative estimate of drug-likeness (QED) is 0.393. The van der Waals surface area contributed by atoms with Crippen LogP contribution in [0, 0.1) is 52.3 Å². The van der Waals surface area contributed by atoms with E-state index in [1.807, 2.05) is 18.2 Å². The molecule has 0 unspecified atom stereocenters. The van der Waals surface area contributed by atoms with Gasteiger partial charge in [-0.25, -0.2) is 0 Å². The summed E-state index contributed by atoms with van der Waals surface area (Å²) in [5.74, 6) is 6.94. The zero-order valence-electron chi connectivity index (χ0n) is 22.4. The summed E-state index contributed by atoms with van der Waals surface area (Å²) in [6.07, 6.45) is 18.0. The van der Waals surface area contributed by atoms with E-state index in [9.17, 15) is 4.79 Å². The molecule has 2 heteroatoms. The van der Waals surface area contributed by atoms with E-state index in [1.54, 1.807) is 6.26 Å². The van der Waals surface area contributed by atoms with Gasteiger partial charge in [0.1, 0.15) is 5.76 Å². The highest BCUT2D eigenvalue weighted by Crippen LogP contribution is 2.68. The zero-order valence-corrected chi connectivity index (χ0v) is 22.4. The lowest BCUT2D eigenvalue weighted by Crippen LogP contribution is -2.54. The standard InChI is InChI=1S/C32H48O2/c1-21(2)8-6-9-22(3)27-13-14-28-26-12-11-24-19-30(33)23(18-25-10-7-17-34-25)20-32(24,5)29(26)15-16-31(27,28)4/h7,10,17-18,21-22,24,26-29H,6,8-9,11-16,19-20H2,1-5H3/b23-18-/t22-,24+,26+,27+,28-,29-,31+,32+/m1/s1. The van der Waals surface area contributed by atoms with Crippen LogP contribution >= 0.6 is 0 Å². The number of fused-ring (bicyclic) bond motifs is 5. The summed E-state index contributed by atoms with van der Waals surface area (Å²) in [5, 5.41) is 0. The van der Waals surface area contributed by atoms with Crippen molar-refractivity contribution in [1.29, 1.82) is 0 Å². The van der Waals surface area contributed by atoms with Crippen LogP contribution in [0.1, 0.15) is 111 Å². The van der Waals surface area contributed by atoms with Crippen molar-refractivity contribution in [3.05, 3.63) is 29.7 Å². The van der Waals surface area contributed by atoms with Gasteiger partial charge in [0.2, 0.25) is 0 Å². The number of furan rings is 1. The molecule has 34 heavy (non-hydrogen) atoms. The minimum Gasteiger partial charge on any atom is -0.465 e. The van der Waals surface area contributed by atoms with Crippen molar-refractivity contribution in [2.75, 3.05) is 0 Å². The molecule has 1 aromatic rings. The highest BCUT2D eigenvalue weighted by atomic mass is 16.3. The normalized spacial score (nSPS) is 41.9. The molecule has 4 aliphatic rings. The van der Waals surface area contributed by atoms with Crippen LogP contribution in [-0.4, -0.2) is 5.78 Å². The van der Waals surface area contributed by atoms with Gasteiger partial charge in [0.15, 0.2) is 5.78 Å². The number of hydrogen-bond acceptors (Lipinski definition) is 2. The van der Waals surface area contributed by atoms with Crippen molar-refractivity contribution in [1.82, 2.24) is 0 Å². The Morgan fingerprint density at radius 3 is 2.56 bits per heavy atom. The number of allylic oxidation sites excluding steroid dienone is 1. The molecule has 0 saturated heterocycles. The second-order valence-electron chi connectivity index (χ2n) is 13.7. The molecule has 4 aliphatic carbocycles. The molecule has 0 amide bonds. The summed E-state index contributed by atoms with van der Waals surface area (Å²) in [6, 6.07) is 3.90. The lowest BCUT2D eigenvalue weighted by Gasteiger charge is -2.60. The highest BCUT2D eigenvalue weighted by molar-refractivity contribution is 6.00. The van der Waals surface area contributed by atoms with E-state index in [-0.39, 0.29) is 5.41 Å². The third kappa shape index (κ3) is 4.16. The molecule has 4 saturated carbocycles. The molecule has 2 nitrogen and oxygen atoms in total. The molecular formula is C32H48O2. The van der Waals surface area contributed by atoms with Gasteiger partial charge in [0.25, 0.3) is 0 Å². The average Bonchev–Trinajstić information content (AvgIpc) is 3.41. The molecule has 5 rings (SSSR count). The van der Waals surface area contributed by atoms with E-state index >= 15 is 0 Å². The van der Waals surface area contributed by atoms with Crippen LogP contribution in [-0.2, 0) is 4.79 Å². The predicted molar refractivity (Wildman–Crippen MR) is 140 cm³/mol. The number of Topliss-reactive ketones (excluding diaryl/α,β-unsaturated/α-hetero) is 1. The highest BCUT2D eigenvalue weighted by Gasteiger charge is 2.61. The van der Waals surface area contributed by atoms with Crippen LogP contribution in [0.4, 0.5) is 0 Å². The van der Waals surface area contributed by atoms with E-state index in [0.29, 0.717) is 17.1 Å². The summed E-state index contributed by atoms with van der Waals surface area (Å²) in [6.45, 7) is 12.5. The Bertz CT molecular complexity index is 894. The third-order valence-corrected chi connectivity index (χ3v) is 11.5. The van der Waals surface area contributed by atoms with Crippen molar-refractivity contribution in [3.63, 3.8) is 0 Å². The number of hydrogen-bond donors (Lipinski definition) is 0. The minimum absolute atomic E-state index is 0.275. The molecule has 0 radical (unpaired) electrons. The summed E-state index contributed by atoms with van der Waals surface area (Å²) in [4.78, 5) is 13.0. The van der Waals surface area contributed by atoms with Crippen LogP contribution in [0.15, 0.2) is 28.4 Å². The van der Waals surface area contributed by atoms with Crippen LogP contribution in [0.25, 0.3) is 6.08 Å². The van der Waals surface area contributed by atoms with E-state index in [1.165, 1.54) is 57.8 Å². The molecule has 1 aromatic heterocycles. The molecule has 0 aromatic carbocycles. The first-order valence-corrected chi connectivity index (χ1v) is 14.5. The van der Waals surface area contributed by atoms with E-state index in [2.05, 4.69) is 34.6 Å². The molecule has 0 aliphatic heterocycles. The van der Waals surface area contributed by atoms with Gasteiger partial charge in [-0.3, -0.25) is 4.79 Å². The van der Waals surface area contributed by atoms with Gasteiger partial charge in [-0.2, -0.15) is 0 Å². The Morgan fingerprint density at radius 2 is 1.82 bits per heavy atom. The van der Waals surface area contributed by atoms with Gasteiger partial charge in [-0.05, 0) is 121 Å². The van der Waals surface area contributed by atoms with E-state index in [0.717, 1.165) is 59.7 Å². The molecule has 4 fully saturated rings. The first kappa shape index (κ1) is 24.4. The van der Waals surface area contributed by atoms with Crippen LogP contribution in [0.3, 0.4) is 0 Å². The maximum atomic E-state index is 13.0. The fourth-order valence-corrected chi connectivity index (χ4v) is 9.71. The Balaban J connectivity index is 1.33. The zero-order chi connectivity index (χ0) is 24.1. The maximum Gasteiger partial charge on any atom is 0.159 e. The second-order valence-corrected chi connectivity index (χ2v) is 13.7. The number of carbonyl (C=O) groups is 1. The number of rotatable bonds is 6. The van der Waals surface area contributed by atoms with E-state index < -0.39 is 0 Å². The third-order valence-electron chi connectivity index (χ3n) is 11.5. The average molecular weight is 465 g/mol. The summed E-state index contributed by atoms with van der Waals surface area (Å²) in [5.41, 5.74) is 1.84. The largest absolute Gasteiger partial charge is 0.465 e. The molecule has 0 spiro atoms. The molecule has 188 valence electrons. The summed E-state index contributed by atoms with van der Waals surface area (Å²) < 4.78 is 5.58. The topological polar surface area (TPSA) is 30.2 Å². The Kier molecular flexibility index (Phi) is 6.66. The molecular weight excluding hydrogens is 416 g/mol. The lowest BCUT2D eigenvalue weighted by atomic mass is 9.44. The SMILES string of the molecule is CC(C)CCC[C@@H](C)[C@@H]1CC[C@@H]2[C@@H]3CC[C@H]4CC(=O)/C(=C\c5ccco5)C[C@]4(C)[C@@H]3CC[C@]21C. The molecule has 0 N–H and O–H groups in total. The van der Waals surface area contributed by atoms with Crippen molar-refractivity contribution in [2.45, 2.75) is 105 Å². The van der Waals surface area contributed by atoms with Crippen molar-refractivity contribution < 1.29 is 9.21 Å². The Morgan fingerprint density at radius 1 is 1.03 bits per heavy atom. The summed E-state index contributed by atoms with van der Waals surface area (Å²) in [7, 11) is 0. The van der Waals surface area contributed by atoms with Crippen LogP contribution in [0.5, 0.6) is 0 Å². The van der Waals surface area contributed by atoms with Gasteiger partial charge in [0, 0.05) is 6.42 Å². The maximum absolute atomic E-state index is 13.0. The number of carbonyl (C=O) groups excluding carboxylic acids is 1. The van der Waals surface area contributed by atoms with Crippen molar-refractivity contribution in [3.8, 4) is 0 Å². The monoisotopic (exact) mass is 464 g/mol. The van der Waals surface area contributed by atoms with Crippen molar-refractivity contribution in [2.24, 2.45) is 52.3 Å². The molecule has 1 heterocycles. The summed E-state index contributed by atoms with van der Waals surface area (Å²) >= 11 is 0. The smallest absolute Gasteiger partial charge is 0.159 e. The Hall–Kier alpha value is -1.31. The van der Waals surface area contributed by atoms with Crippen LogP contribution in [0.2, 0.25) is 0 Å². The minimum atomic E-state index is 0.275. The molecule has 0 bridgehead atoms. The fourth-order valence-electron chi connectivity index (χ4n) is 9.71. The Labute approximate surface area is 208 Å². The van der Waals surface area contributed by atoms with Crippen molar-refractivity contribution >= 4 is 11.9 Å². The van der Waals surface area contributed by atoms with Crippen LogP contribution < -0.4 is 0 Å². The first-order chi connectivity index (χ1) is 16.2.